The molecule has 23 heteroatoms. The van der Waals surface area contributed by atoms with Gasteiger partial charge >= 0.3 is 22.4 Å². The highest BCUT2D eigenvalue weighted by atomic mass is 32.2. The Kier molecular flexibility index (Phi) is 21.2. The molecule has 18 atom stereocenters. The minimum absolute atomic E-state index is 0.00646. The van der Waals surface area contributed by atoms with Gasteiger partial charge in [0.2, 0.25) is 0 Å². The number of alkyl halides is 3. The molecule has 0 radical (unpaired) electrons. The third-order valence-corrected chi connectivity index (χ3v) is 16.4. The van der Waals surface area contributed by atoms with E-state index < -0.39 is 130 Å². The smallest absolute Gasteiger partial charge is 0.416 e. The zero-order valence-electron chi connectivity index (χ0n) is 43.6. The van der Waals surface area contributed by atoms with Crippen molar-refractivity contribution in [3.05, 3.63) is 29.8 Å². The lowest BCUT2D eigenvalue weighted by Gasteiger charge is -2.53. The lowest BCUT2D eigenvalue weighted by Crippen LogP contribution is -2.70. The fourth-order valence-corrected chi connectivity index (χ4v) is 11.4. The molecule has 0 aromatic heterocycles. The number of halogens is 3. The second kappa shape index (κ2) is 24.6. The molecule has 8 N–H and O–H groups in total. The van der Waals surface area contributed by atoms with E-state index in [2.05, 4.69) is 15.4 Å². The van der Waals surface area contributed by atoms with Crippen LogP contribution < -0.4 is 15.4 Å². The molecule has 4 rings (SSSR count). The highest BCUT2D eigenvalue weighted by molar-refractivity contribution is 7.90. The van der Waals surface area contributed by atoms with Crippen molar-refractivity contribution >= 4 is 21.9 Å². The van der Waals surface area contributed by atoms with Crippen LogP contribution in [0.5, 0.6) is 0 Å². The third kappa shape index (κ3) is 14.5. The predicted molar refractivity (Wildman–Crippen MR) is 256 cm³/mol. The molecule has 3 aliphatic heterocycles. The maximum absolute atomic E-state index is 14.5. The van der Waals surface area contributed by atoms with E-state index in [9.17, 15) is 51.9 Å². The normalized spacial score (nSPS) is 40.7. The van der Waals surface area contributed by atoms with Gasteiger partial charge < -0.3 is 69.3 Å². The maximum atomic E-state index is 14.5. The van der Waals surface area contributed by atoms with E-state index in [1.165, 1.54) is 34.9 Å². The summed E-state index contributed by atoms with van der Waals surface area (Å²) in [6.07, 6.45) is -16.1. The molecular formula is C48H83F3N4O15S. The summed E-state index contributed by atoms with van der Waals surface area (Å²) in [4.78, 5) is 14.5. The Hall–Kier alpha value is -2.33. The molecule has 0 aliphatic carbocycles. The van der Waals surface area contributed by atoms with Crippen LogP contribution in [0.25, 0.3) is 0 Å². The maximum Gasteiger partial charge on any atom is 0.416 e. The Balaban J connectivity index is 1.78. The molecule has 1 aromatic carbocycles. The first-order valence-corrected chi connectivity index (χ1v) is 26.1. The van der Waals surface area contributed by atoms with Gasteiger partial charge in [0, 0.05) is 57.9 Å². The van der Waals surface area contributed by atoms with Crippen LogP contribution in [0.4, 0.5) is 18.9 Å². The van der Waals surface area contributed by atoms with Crippen molar-refractivity contribution in [2.75, 3.05) is 51.7 Å². The van der Waals surface area contributed by atoms with E-state index in [4.69, 9.17) is 33.2 Å². The van der Waals surface area contributed by atoms with Gasteiger partial charge in [0.25, 0.3) is 0 Å². The van der Waals surface area contributed by atoms with Crippen LogP contribution in [0.15, 0.2) is 24.3 Å². The molecule has 3 heterocycles. The van der Waals surface area contributed by atoms with Gasteiger partial charge in [-0.05, 0) is 111 Å². The van der Waals surface area contributed by atoms with Crippen molar-refractivity contribution in [1.29, 1.82) is 0 Å². The van der Waals surface area contributed by atoms with Gasteiger partial charge in [-0.1, -0.05) is 20.8 Å². The molecule has 3 fully saturated rings. The Morgan fingerprint density at radius 1 is 0.958 bits per heavy atom. The number of anilines is 1. The van der Waals surface area contributed by atoms with Crippen LogP contribution in [0.2, 0.25) is 0 Å². The van der Waals surface area contributed by atoms with Crippen molar-refractivity contribution in [1.82, 2.24) is 14.9 Å². The molecule has 412 valence electrons. The summed E-state index contributed by atoms with van der Waals surface area (Å²) in [6.45, 7) is 19.8. The number of carbonyl (C=O) groups is 1. The van der Waals surface area contributed by atoms with Gasteiger partial charge in [0.15, 0.2) is 12.6 Å². The Labute approximate surface area is 417 Å². The summed E-state index contributed by atoms with van der Waals surface area (Å²) in [5.74, 6) is -3.46. The number of aliphatic hydroxyl groups is 5. The fourth-order valence-electron chi connectivity index (χ4n) is 10.3. The van der Waals surface area contributed by atoms with Crippen LogP contribution >= 0.6 is 0 Å². The summed E-state index contributed by atoms with van der Waals surface area (Å²) in [5.41, 5.74) is -7.81. The zero-order valence-corrected chi connectivity index (χ0v) is 44.4. The first-order chi connectivity index (χ1) is 32.8. The standard InChI is InChI=1S/C48H83F3N4O15S/c1-14-36-46(11,60)40(57)31(7)53-25-27(3)23-44(9,59)41(70-43-38(56)35(22-28(4)66-43)55(12)71(62,63)54-34-18-16-33(17-19-34)48(49,50)51)29(5)39(30(6)42(58)68-36)69-37-24-45(10,64-13)47(61,32(8)67-37)26-52-20-21-65-15-2/h16-19,27-32,35-41,43,52-54,56-57,59-61H,14-15,20-26H2,1-13H3/t27-,28-,29+,30-,31-,32+,35+,36-,37+,38-,39+,40-,41-,43+,44-,45-,46-,47+/m1/s1. The van der Waals surface area contributed by atoms with Crippen molar-refractivity contribution in [2.45, 2.75) is 198 Å². The minimum Gasteiger partial charge on any atom is -0.459 e. The molecule has 0 amide bonds. The number of ether oxygens (including phenoxy) is 7. The van der Waals surface area contributed by atoms with Crippen molar-refractivity contribution in [3.8, 4) is 0 Å². The van der Waals surface area contributed by atoms with Crippen LogP contribution in [-0.4, -0.2) is 181 Å². The summed E-state index contributed by atoms with van der Waals surface area (Å²) >= 11 is 0. The average Bonchev–Trinajstić information content (AvgIpc) is 3.29. The Bertz CT molecular complexity index is 1960. The van der Waals surface area contributed by atoms with Crippen molar-refractivity contribution in [2.24, 2.45) is 17.8 Å². The van der Waals surface area contributed by atoms with Gasteiger partial charge in [-0.2, -0.15) is 25.9 Å². The van der Waals surface area contributed by atoms with Crippen LogP contribution in [0.3, 0.4) is 0 Å². The van der Waals surface area contributed by atoms with Gasteiger partial charge in [-0.25, -0.2) is 0 Å². The van der Waals surface area contributed by atoms with Crippen LogP contribution in [0.1, 0.15) is 107 Å². The highest BCUT2D eigenvalue weighted by Gasteiger charge is 2.58. The number of cyclic esters (lactones) is 1. The lowest BCUT2D eigenvalue weighted by atomic mass is 9.75. The molecular weight excluding hydrogens is 962 g/mol. The quantitative estimate of drug-likeness (QED) is 0.0873. The van der Waals surface area contributed by atoms with Crippen LogP contribution in [-0.2, 0) is 54.3 Å². The second-order valence-electron chi connectivity index (χ2n) is 20.6. The van der Waals surface area contributed by atoms with E-state index in [-0.39, 0.29) is 50.4 Å². The molecule has 1 aromatic rings. The highest BCUT2D eigenvalue weighted by Crippen LogP contribution is 2.43. The number of benzene rings is 1. The monoisotopic (exact) mass is 1040 g/mol. The Morgan fingerprint density at radius 2 is 1.59 bits per heavy atom. The molecule has 0 unspecified atom stereocenters. The van der Waals surface area contributed by atoms with Crippen molar-refractivity contribution in [3.63, 3.8) is 0 Å². The second-order valence-corrected chi connectivity index (χ2v) is 22.4. The van der Waals surface area contributed by atoms with E-state index >= 15 is 0 Å². The largest absolute Gasteiger partial charge is 0.459 e. The average molecular weight is 1050 g/mol. The minimum atomic E-state index is -4.65. The van der Waals surface area contributed by atoms with E-state index in [1.54, 1.807) is 41.5 Å². The lowest BCUT2D eigenvalue weighted by molar-refractivity contribution is -0.336. The molecule has 19 nitrogen and oxygen atoms in total. The molecule has 0 bridgehead atoms. The topological polar surface area (TPSA) is 256 Å². The molecule has 0 spiro atoms. The number of likely N-dealkylation sites (N-methyl/N-ethyl adjacent to an activating group) is 1. The van der Waals surface area contributed by atoms with Gasteiger partial charge in [-0.3, -0.25) is 9.52 Å². The number of carbonyl (C=O) groups excluding carboxylic acids is 1. The number of methoxy groups -OCH3 is 1. The molecule has 3 saturated heterocycles. The molecule has 3 aliphatic rings. The SMILES string of the molecule is CCOCCNC[C@]1(O)[C@H](C)O[C@@H](O[C@H]2[C@H](C)[C@@H](O[C@@H]3O[C@H](C)C[C@H](N(C)S(=O)(=O)Nc4ccc(C(F)(F)F)cc4)[C@H]3O)[C@](C)(O)C[C@@H](C)CN[C@H](C)[C@@H](O)[C@](C)(O)[C@@H](CC)OC(=O)[C@@H]2C)C[C@@]1(C)OC. The summed E-state index contributed by atoms with van der Waals surface area (Å²) in [7, 11) is -1.89. The summed E-state index contributed by atoms with van der Waals surface area (Å²) < 4.78 is 114. The third-order valence-electron chi connectivity index (χ3n) is 14.9. The first kappa shape index (κ1) is 61.2. The number of esters is 1. The predicted octanol–water partition coefficient (Wildman–Crippen LogP) is 3.30. The number of nitrogens with zero attached hydrogens (tertiary/aromatic N) is 1. The number of hydrogen-bond donors (Lipinski definition) is 8. The number of hydrogen-bond acceptors (Lipinski definition) is 17. The Morgan fingerprint density at radius 3 is 2.17 bits per heavy atom. The first-order valence-electron chi connectivity index (χ1n) is 24.7. The van der Waals surface area contributed by atoms with E-state index in [0.29, 0.717) is 19.8 Å². The number of aliphatic hydroxyl groups excluding tert-OH is 2. The number of rotatable bonds is 16. The van der Waals surface area contributed by atoms with Crippen molar-refractivity contribution < 1.29 is 85.1 Å². The summed E-state index contributed by atoms with van der Waals surface area (Å²) in [5, 5.41) is 66.7. The van der Waals surface area contributed by atoms with E-state index in [0.717, 1.165) is 28.6 Å². The zero-order chi connectivity index (χ0) is 53.7. The summed E-state index contributed by atoms with van der Waals surface area (Å²) in [6, 6.07) is 1.46. The van der Waals surface area contributed by atoms with Gasteiger partial charge in [0.05, 0.1) is 54.1 Å². The van der Waals surface area contributed by atoms with Crippen LogP contribution in [0, 0.1) is 17.8 Å². The van der Waals surface area contributed by atoms with E-state index in [1.807, 2.05) is 13.8 Å². The molecule has 0 saturated carbocycles. The number of nitrogens with one attached hydrogen (secondary N) is 3. The van der Waals surface area contributed by atoms with Gasteiger partial charge in [0.1, 0.15) is 35.1 Å². The fraction of sp³-hybridized carbons (Fsp3) is 0.854. The van der Waals surface area contributed by atoms with Gasteiger partial charge in [-0.15, -0.1) is 0 Å². The molecule has 71 heavy (non-hydrogen) atoms.